The maximum Gasteiger partial charge on any atom is 0.0429 e. The minimum absolute atomic E-state index is 0.584. The van der Waals surface area contributed by atoms with Gasteiger partial charge in [0.05, 0.1) is 0 Å². The molecule has 16 heavy (non-hydrogen) atoms. The number of nitrogens with two attached hydrogens (primary N) is 1. The summed E-state index contributed by atoms with van der Waals surface area (Å²) in [6, 6.07) is 6.43. The molecule has 1 saturated heterocycles. The molecule has 0 spiro atoms. The summed E-state index contributed by atoms with van der Waals surface area (Å²) in [7, 11) is 0. The summed E-state index contributed by atoms with van der Waals surface area (Å²) in [6.07, 6.45) is 6.26. The van der Waals surface area contributed by atoms with E-state index in [9.17, 15) is 0 Å². The number of hydrogen-bond donors (Lipinski definition) is 2. The molecule has 0 aliphatic carbocycles. The minimum atomic E-state index is 0.584. The second-order valence-electron chi connectivity index (χ2n) is 4.60. The molecule has 1 fully saturated rings. The van der Waals surface area contributed by atoms with Gasteiger partial charge in [-0.25, -0.2) is 0 Å². The molecule has 0 bridgehead atoms. The van der Waals surface area contributed by atoms with Crippen molar-refractivity contribution in [2.45, 2.75) is 38.1 Å². The molecule has 2 nitrogen and oxygen atoms in total. The minimum Gasteiger partial charge on any atom is -0.399 e. The highest BCUT2D eigenvalue weighted by molar-refractivity contribution is 6.30. The van der Waals surface area contributed by atoms with Crippen molar-refractivity contribution in [3.05, 3.63) is 28.8 Å². The second-order valence-corrected chi connectivity index (χ2v) is 5.03. The number of nitrogen functional groups attached to an aromatic ring is 1. The summed E-state index contributed by atoms with van der Waals surface area (Å²) in [4.78, 5) is 0. The molecular formula is C13H19ClN2. The average Bonchev–Trinajstić information content (AvgIpc) is 2.44. The molecule has 88 valence electrons. The first kappa shape index (κ1) is 11.7. The number of nitrogens with one attached hydrogen (secondary N) is 1. The Bertz CT molecular complexity index is 324. The molecule has 0 aromatic heterocycles. The standard InChI is InChI=1S/C13H19ClN2/c14-11-6-10(7-12(15)9-11)8-13-4-2-1-3-5-16-13/h6-7,9,13,16H,1-5,8,15H2. The summed E-state index contributed by atoms with van der Waals surface area (Å²) < 4.78 is 0. The lowest BCUT2D eigenvalue weighted by molar-refractivity contribution is 0.507. The van der Waals surface area contributed by atoms with Gasteiger partial charge in [0.2, 0.25) is 0 Å². The predicted molar refractivity (Wildman–Crippen MR) is 69.8 cm³/mol. The fourth-order valence-corrected chi connectivity index (χ4v) is 2.62. The summed E-state index contributed by atoms with van der Waals surface area (Å²) in [5.41, 5.74) is 7.79. The van der Waals surface area contributed by atoms with Gasteiger partial charge in [-0.05, 0) is 49.6 Å². The molecule has 3 heteroatoms. The van der Waals surface area contributed by atoms with Gasteiger partial charge in [0.15, 0.2) is 0 Å². The van der Waals surface area contributed by atoms with Crippen molar-refractivity contribution < 1.29 is 0 Å². The third kappa shape index (κ3) is 3.39. The van der Waals surface area contributed by atoms with Crippen LogP contribution in [0.4, 0.5) is 5.69 Å². The fraction of sp³-hybridized carbons (Fsp3) is 0.538. The molecule has 0 amide bonds. The fourth-order valence-electron chi connectivity index (χ4n) is 2.35. The molecule has 0 radical (unpaired) electrons. The van der Waals surface area contributed by atoms with Gasteiger partial charge in [0.25, 0.3) is 0 Å². The van der Waals surface area contributed by atoms with E-state index in [1.165, 1.54) is 31.2 Å². The van der Waals surface area contributed by atoms with Gasteiger partial charge in [-0.2, -0.15) is 0 Å². The van der Waals surface area contributed by atoms with Crippen LogP contribution in [-0.2, 0) is 6.42 Å². The van der Waals surface area contributed by atoms with Crippen LogP contribution in [0.5, 0.6) is 0 Å². The van der Waals surface area contributed by atoms with Gasteiger partial charge in [0.1, 0.15) is 0 Å². The van der Waals surface area contributed by atoms with Crippen LogP contribution in [0.25, 0.3) is 0 Å². The van der Waals surface area contributed by atoms with E-state index in [0.717, 1.165) is 23.7 Å². The highest BCUT2D eigenvalue weighted by Crippen LogP contribution is 2.19. The Hall–Kier alpha value is -0.730. The van der Waals surface area contributed by atoms with Crippen LogP contribution in [0.2, 0.25) is 5.02 Å². The first-order chi connectivity index (χ1) is 7.74. The zero-order valence-electron chi connectivity index (χ0n) is 9.51. The van der Waals surface area contributed by atoms with Crippen molar-refractivity contribution in [2.24, 2.45) is 0 Å². The molecule has 3 N–H and O–H groups in total. The van der Waals surface area contributed by atoms with Gasteiger partial charge < -0.3 is 11.1 Å². The van der Waals surface area contributed by atoms with Gasteiger partial charge >= 0.3 is 0 Å². The van der Waals surface area contributed by atoms with Crippen LogP contribution in [-0.4, -0.2) is 12.6 Å². The Kier molecular flexibility index (Phi) is 4.08. The van der Waals surface area contributed by atoms with E-state index in [2.05, 4.69) is 5.32 Å². The Morgan fingerprint density at radius 2 is 2.12 bits per heavy atom. The molecule has 0 saturated carbocycles. The van der Waals surface area contributed by atoms with Crippen molar-refractivity contribution in [3.8, 4) is 0 Å². The Labute approximate surface area is 102 Å². The van der Waals surface area contributed by atoms with Crippen molar-refractivity contribution >= 4 is 17.3 Å². The van der Waals surface area contributed by atoms with E-state index < -0.39 is 0 Å². The molecule has 2 rings (SSSR count). The smallest absolute Gasteiger partial charge is 0.0429 e. The van der Waals surface area contributed by atoms with Crippen molar-refractivity contribution in [1.29, 1.82) is 0 Å². The first-order valence-corrected chi connectivity index (χ1v) is 6.40. The number of benzene rings is 1. The van der Waals surface area contributed by atoms with Gasteiger partial charge in [-0.3, -0.25) is 0 Å². The number of anilines is 1. The summed E-state index contributed by atoms with van der Waals surface area (Å²) in [6.45, 7) is 1.14. The number of halogens is 1. The third-order valence-corrected chi connectivity index (χ3v) is 3.34. The van der Waals surface area contributed by atoms with E-state index in [0.29, 0.717) is 6.04 Å². The zero-order valence-corrected chi connectivity index (χ0v) is 10.3. The monoisotopic (exact) mass is 238 g/mol. The topological polar surface area (TPSA) is 38.0 Å². The largest absolute Gasteiger partial charge is 0.399 e. The van der Waals surface area contributed by atoms with Crippen LogP contribution in [0.3, 0.4) is 0 Å². The van der Waals surface area contributed by atoms with E-state index in [1.54, 1.807) is 6.07 Å². The Balaban J connectivity index is 2.01. The number of hydrogen-bond acceptors (Lipinski definition) is 2. The molecule has 1 aliphatic heterocycles. The summed E-state index contributed by atoms with van der Waals surface area (Å²) >= 11 is 6.00. The van der Waals surface area contributed by atoms with Crippen LogP contribution in [0.1, 0.15) is 31.2 Å². The molecule has 1 heterocycles. The third-order valence-electron chi connectivity index (χ3n) is 3.12. The van der Waals surface area contributed by atoms with E-state index in [1.807, 2.05) is 12.1 Å². The lowest BCUT2D eigenvalue weighted by Gasteiger charge is -2.16. The molecule has 1 unspecified atom stereocenters. The van der Waals surface area contributed by atoms with Crippen molar-refractivity contribution in [1.82, 2.24) is 5.32 Å². The Morgan fingerprint density at radius 3 is 2.94 bits per heavy atom. The van der Waals surface area contributed by atoms with Crippen LogP contribution < -0.4 is 11.1 Å². The molecular weight excluding hydrogens is 220 g/mol. The highest BCUT2D eigenvalue weighted by Gasteiger charge is 2.12. The maximum absolute atomic E-state index is 6.00. The van der Waals surface area contributed by atoms with Gasteiger partial charge in [-0.1, -0.05) is 24.4 Å². The predicted octanol–water partition coefficient (Wildman–Crippen LogP) is 3.00. The first-order valence-electron chi connectivity index (χ1n) is 6.02. The van der Waals surface area contributed by atoms with Crippen molar-refractivity contribution in [3.63, 3.8) is 0 Å². The molecule has 1 aromatic carbocycles. The van der Waals surface area contributed by atoms with Crippen LogP contribution in [0, 0.1) is 0 Å². The van der Waals surface area contributed by atoms with E-state index >= 15 is 0 Å². The summed E-state index contributed by atoms with van der Waals surface area (Å²) in [5, 5.41) is 4.32. The van der Waals surface area contributed by atoms with Crippen LogP contribution in [0.15, 0.2) is 18.2 Å². The lowest BCUT2D eigenvalue weighted by Crippen LogP contribution is -2.30. The van der Waals surface area contributed by atoms with Gasteiger partial charge in [0, 0.05) is 16.8 Å². The van der Waals surface area contributed by atoms with E-state index in [4.69, 9.17) is 17.3 Å². The van der Waals surface area contributed by atoms with E-state index in [-0.39, 0.29) is 0 Å². The average molecular weight is 239 g/mol. The highest BCUT2D eigenvalue weighted by atomic mass is 35.5. The number of rotatable bonds is 2. The van der Waals surface area contributed by atoms with Gasteiger partial charge in [-0.15, -0.1) is 0 Å². The zero-order chi connectivity index (χ0) is 11.4. The Morgan fingerprint density at radius 1 is 1.25 bits per heavy atom. The van der Waals surface area contributed by atoms with Crippen LogP contribution >= 0.6 is 11.6 Å². The molecule has 1 aliphatic rings. The molecule has 1 aromatic rings. The maximum atomic E-state index is 6.00. The SMILES string of the molecule is Nc1cc(Cl)cc(CC2CCCCCN2)c1. The second kappa shape index (κ2) is 5.55. The lowest BCUT2D eigenvalue weighted by atomic mass is 10.0. The quantitative estimate of drug-likeness (QED) is 0.778. The summed E-state index contributed by atoms with van der Waals surface area (Å²) in [5.74, 6) is 0. The van der Waals surface area contributed by atoms with Crippen molar-refractivity contribution in [2.75, 3.05) is 12.3 Å². The normalized spacial score (nSPS) is 21.7. The molecule has 1 atom stereocenters.